The molecule has 1 atom stereocenters. The largest absolute Gasteiger partial charge is 0.332 e. The zero-order valence-corrected chi connectivity index (χ0v) is 14.4. The Labute approximate surface area is 144 Å². The Bertz CT molecular complexity index is 784. The minimum Gasteiger partial charge on any atom is -0.332 e. The van der Waals surface area contributed by atoms with Gasteiger partial charge in [0.1, 0.15) is 5.69 Å². The number of thiophene rings is 1. The highest BCUT2D eigenvalue weighted by Crippen LogP contribution is 2.27. The van der Waals surface area contributed by atoms with Gasteiger partial charge in [-0.2, -0.15) is 4.98 Å². The average Bonchev–Trinajstić information content (AvgIpc) is 3.28. The van der Waals surface area contributed by atoms with Crippen LogP contribution in [0, 0.1) is 6.92 Å². The highest BCUT2D eigenvalue weighted by Gasteiger charge is 2.26. The summed E-state index contributed by atoms with van der Waals surface area (Å²) in [6.07, 6.45) is 5.64. The summed E-state index contributed by atoms with van der Waals surface area (Å²) < 4.78 is 5.40. The van der Waals surface area contributed by atoms with Crippen molar-refractivity contribution in [1.29, 1.82) is 0 Å². The summed E-state index contributed by atoms with van der Waals surface area (Å²) >= 11 is 1.81. The van der Waals surface area contributed by atoms with Crippen LogP contribution >= 0.6 is 11.3 Å². The lowest BCUT2D eigenvalue weighted by molar-refractivity contribution is 0.196. The van der Waals surface area contributed by atoms with Crippen LogP contribution in [0.15, 0.2) is 34.4 Å². The van der Waals surface area contributed by atoms with E-state index in [4.69, 9.17) is 4.52 Å². The molecular formula is C17H19N5OS. The molecule has 124 valence electrons. The van der Waals surface area contributed by atoms with Crippen molar-refractivity contribution in [1.82, 2.24) is 25.0 Å². The van der Waals surface area contributed by atoms with Crippen molar-refractivity contribution in [2.45, 2.75) is 32.2 Å². The van der Waals surface area contributed by atoms with Gasteiger partial charge in [-0.05, 0) is 37.8 Å². The Morgan fingerprint density at radius 3 is 3.08 bits per heavy atom. The Morgan fingerprint density at radius 1 is 1.33 bits per heavy atom. The molecule has 1 aliphatic heterocycles. The second-order valence-electron chi connectivity index (χ2n) is 6.15. The Hall–Kier alpha value is -2.12. The fourth-order valence-corrected chi connectivity index (χ4v) is 3.79. The van der Waals surface area contributed by atoms with Crippen LogP contribution in [0.3, 0.4) is 0 Å². The zero-order valence-electron chi connectivity index (χ0n) is 13.6. The average molecular weight is 341 g/mol. The maximum Gasteiger partial charge on any atom is 0.278 e. The van der Waals surface area contributed by atoms with Crippen LogP contribution in [0.25, 0.3) is 11.6 Å². The molecule has 0 aliphatic carbocycles. The van der Waals surface area contributed by atoms with Crippen LogP contribution < -0.4 is 0 Å². The third kappa shape index (κ3) is 3.37. The molecule has 1 fully saturated rings. The standard InChI is InChI=1S/C17H19N5OS/c1-12-8-19-15(9-18-12)17-20-16(21-23-17)13-4-2-6-22(10-13)11-14-5-3-7-24-14/h3,5,7-9,13H,2,4,6,10-11H2,1H3/t13-/m1/s1. The molecule has 4 heterocycles. The van der Waals surface area contributed by atoms with Crippen LogP contribution in [0.1, 0.15) is 35.2 Å². The summed E-state index contributed by atoms with van der Waals surface area (Å²) in [6.45, 7) is 5.00. The maximum atomic E-state index is 5.40. The predicted octanol–water partition coefficient (Wildman–Crippen LogP) is 3.28. The molecule has 4 rings (SSSR count). The van der Waals surface area contributed by atoms with Crippen molar-refractivity contribution in [3.63, 3.8) is 0 Å². The van der Waals surface area contributed by atoms with Crippen LogP contribution in [0.5, 0.6) is 0 Å². The molecule has 6 nitrogen and oxygen atoms in total. The Kier molecular flexibility index (Phi) is 4.36. The highest BCUT2D eigenvalue weighted by atomic mass is 32.1. The molecule has 0 aromatic carbocycles. The molecule has 0 N–H and O–H groups in total. The van der Waals surface area contributed by atoms with E-state index in [2.05, 4.69) is 42.5 Å². The fourth-order valence-electron chi connectivity index (χ4n) is 3.04. The van der Waals surface area contributed by atoms with Gasteiger partial charge in [-0.1, -0.05) is 11.2 Å². The van der Waals surface area contributed by atoms with E-state index in [1.165, 1.54) is 4.88 Å². The van der Waals surface area contributed by atoms with E-state index in [-0.39, 0.29) is 0 Å². The lowest BCUT2D eigenvalue weighted by Crippen LogP contribution is -2.34. The summed E-state index contributed by atoms with van der Waals surface area (Å²) in [4.78, 5) is 17.0. The van der Waals surface area contributed by atoms with E-state index in [0.29, 0.717) is 17.5 Å². The molecule has 1 saturated heterocycles. The molecule has 0 spiro atoms. The van der Waals surface area contributed by atoms with Gasteiger partial charge in [0, 0.05) is 30.1 Å². The van der Waals surface area contributed by atoms with Crippen LogP contribution in [0.2, 0.25) is 0 Å². The first-order valence-corrected chi connectivity index (χ1v) is 9.03. The van der Waals surface area contributed by atoms with Crippen LogP contribution in [-0.2, 0) is 6.54 Å². The quantitative estimate of drug-likeness (QED) is 0.725. The first-order chi connectivity index (χ1) is 11.8. The first-order valence-electron chi connectivity index (χ1n) is 8.15. The number of rotatable bonds is 4. The number of nitrogens with zero attached hydrogens (tertiary/aromatic N) is 5. The van der Waals surface area contributed by atoms with E-state index in [1.54, 1.807) is 12.4 Å². The summed E-state index contributed by atoms with van der Waals surface area (Å²) in [7, 11) is 0. The van der Waals surface area contributed by atoms with Gasteiger partial charge in [-0.25, -0.2) is 4.98 Å². The molecular weight excluding hydrogens is 322 g/mol. The molecule has 0 bridgehead atoms. The maximum absolute atomic E-state index is 5.40. The van der Waals surface area contributed by atoms with Gasteiger partial charge < -0.3 is 4.52 Å². The number of aromatic nitrogens is 4. The SMILES string of the molecule is Cc1cnc(-c2nc([C@@H]3CCCN(Cc4cccs4)C3)no2)cn1. The molecule has 7 heteroatoms. The Morgan fingerprint density at radius 2 is 2.29 bits per heavy atom. The van der Waals surface area contributed by atoms with Gasteiger partial charge in [-0.3, -0.25) is 9.88 Å². The number of hydrogen-bond acceptors (Lipinski definition) is 7. The Balaban J connectivity index is 1.46. The van der Waals surface area contributed by atoms with Crippen LogP contribution in [0.4, 0.5) is 0 Å². The summed E-state index contributed by atoms with van der Waals surface area (Å²) in [5.41, 5.74) is 1.50. The van der Waals surface area contributed by atoms with E-state index in [1.807, 2.05) is 18.3 Å². The minimum absolute atomic E-state index is 0.314. The number of piperidine rings is 1. The third-order valence-corrected chi connectivity index (χ3v) is 5.13. The van der Waals surface area contributed by atoms with Crippen molar-refractivity contribution in [2.75, 3.05) is 13.1 Å². The molecule has 24 heavy (non-hydrogen) atoms. The summed E-state index contributed by atoms with van der Waals surface area (Å²) in [5, 5.41) is 6.32. The number of hydrogen-bond donors (Lipinski definition) is 0. The van der Waals surface area contributed by atoms with Gasteiger partial charge in [-0.15, -0.1) is 11.3 Å². The lowest BCUT2D eigenvalue weighted by atomic mass is 9.97. The number of likely N-dealkylation sites (tertiary alicyclic amines) is 1. The van der Waals surface area contributed by atoms with Crippen LogP contribution in [-0.4, -0.2) is 38.1 Å². The fraction of sp³-hybridized carbons (Fsp3) is 0.412. The normalized spacial score (nSPS) is 18.8. The van der Waals surface area contributed by atoms with Crippen molar-refractivity contribution >= 4 is 11.3 Å². The smallest absolute Gasteiger partial charge is 0.278 e. The number of aryl methyl sites for hydroxylation is 1. The van der Waals surface area contributed by atoms with E-state index in [0.717, 1.165) is 44.0 Å². The second kappa shape index (κ2) is 6.78. The molecule has 0 amide bonds. The molecule has 3 aromatic rings. The second-order valence-corrected chi connectivity index (χ2v) is 7.19. The molecule has 0 saturated carbocycles. The predicted molar refractivity (Wildman–Crippen MR) is 91.6 cm³/mol. The molecule has 0 unspecified atom stereocenters. The van der Waals surface area contributed by atoms with E-state index in [9.17, 15) is 0 Å². The topological polar surface area (TPSA) is 67.9 Å². The molecule has 0 radical (unpaired) electrons. The van der Waals surface area contributed by atoms with Crippen molar-refractivity contribution < 1.29 is 4.52 Å². The molecule has 1 aliphatic rings. The summed E-state index contributed by atoms with van der Waals surface area (Å²) in [5.74, 6) is 1.55. The van der Waals surface area contributed by atoms with Gasteiger partial charge in [0.25, 0.3) is 5.89 Å². The van der Waals surface area contributed by atoms with E-state index >= 15 is 0 Å². The van der Waals surface area contributed by atoms with Crippen molar-refractivity contribution in [2.24, 2.45) is 0 Å². The van der Waals surface area contributed by atoms with Crippen molar-refractivity contribution in [3.8, 4) is 11.6 Å². The van der Waals surface area contributed by atoms with Gasteiger partial charge in [0.2, 0.25) is 0 Å². The minimum atomic E-state index is 0.314. The van der Waals surface area contributed by atoms with Crippen molar-refractivity contribution in [3.05, 3.63) is 46.3 Å². The van der Waals surface area contributed by atoms with E-state index < -0.39 is 0 Å². The lowest BCUT2D eigenvalue weighted by Gasteiger charge is -2.30. The zero-order chi connectivity index (χ0) is 16.4. The molecule has 3 aromatic heterocycles. The van der Waals surface area contributed by atoms with Gasteiger partial charge in [0.15, 0.2) is 5.82 Å². The monoisotopic (exact) mass is 341 g/mol. The first kappa shape index (κ1) is 15.4. The van der Waals surface area contributed by atoms with Gasteiger partial charge >= 0.3 is 0 Å². The third-order valence-electron chi connectivity index (χ3n) is 4.27. The van der Waals surface area contributed by atoms with Gasteiger partial charge in [0.05, 0.1) is 11.9 Å². The summed E-state index contributed by atoms with van der Waals surface area (Å²) in [6, 6.07) is 4.30. The highest BCUT2D eigenvalue weighted by molar-refractivity contribution is 7.09.